The SMILES string of the molecule is CCc1ccc(S(=O)(=O)N2CCC(COc3ccccc3)CC2)s1. The number of nitrogens with zero attached hydrogens (tertiary/aromatic N) is 1. The molecule has 6 heteroatoms. The molecule has 0 unspecified atom stereocenters. The summed E-state index contributed by atoms with van der Waals surface area (Å²) >= 11 is 1.39. The summed E-state index contributed by atoms with van der Waals surface area (Å²) < 4.78 is 33.3. The van der Waals surface area contributed by atoms with Crippen molar-refractivity contribution in [2.24, 2.45) is 5.92 Å². The monoisotopic (exact) mass is 365 g/mol. The van der Waals surface area contributed by atoms with Crippen LogP contribution in [0.4, 0.5) is 0 Å². The lowest BCUT2D eigenvalue weighted by Crippen LogP contribution is -2.39. The van der Waals surface area contributed by atoms with Gasteiger partial charge >= 0.3 is 0 Å². The van der Waals surface area contributed by atoms with Crippen LogP contribution in [-0.4, -0.2) is 32.4 Å². The summed E-state index contributed by atoms with van der Waals surface area (Å²) in [6.45, 7) is 3.84. The Bertz CT molecular complexity index is 748. The number of ether oxygens (including phenoxy) is 1. The third-order valence-corrected chi connectivity index (χ3v) is 7.98. The molecule has 1 aromatic carbocycles. The zero-order valence-electron chi connectivity index (χ0n) is 13.8. The van der Waals surface area contributed by atoms with Crippen molar-refractivity contribution in [3.05, 3.63) is 47.3 Å². The number of piperidine rings is 1. The molecule has 130 valence electrons. The smallest absolute Gasteiger partial charge is 0.252 e. The maximum Gasteiger partial charge on any atom is 0.252 e. The minimum Gasteiger partial charge on any atom is -0.493 e. The summed E-state index contributed by atoms with van der Waals surface area (Å²) in [5, 5.41) is 0. The van der Waals surface area contributed by atoms with Crippen molar-refractivity contribution in [3.8, 4) is 5.75 Å². The van der Waals surface area contributed by atoms with E-state index in [1.165, 1.54) is 11.3 Å². The summed E-state index contributed by atoms with van der Waals surface area (Å²) in [6, 6.07) is 13.4. The number of aryl methyl sites for hydroxylation is 1. The van der Waals surface area contributed by atoms with Gasteiger partial charge in [0.25, 0.3) is 10.0 Å². The first-order chi connectivity index (χ1) is 11.6. The lowest BCUT2D eigenvalue weighted by molar-refractivity contribution is 0.185. The van der Waals surface area contributed by atoms with Crippen molar-refractivity contribution in [1.29, 1.82) is 0 Å². The molecule has 4 nitrogen and oxygen atoms in total. The second kappa shape index (κ2) is 7.68. The van der Waals surface area contributed by atoms with E-state index in [9.17, 15) is 8.42 Å². The van der Waals surface area contributed by atoms with Gasteiger partial charge in [0.1, 0.15) is 9.96 Å². The summed E-state index contributed by atoms with van der Waals surface area (Å²) in [5.74, 6) is 1.28. The van der Waals surface area contributed by atoms with Crippen LogP contribution in [0.1, 0.15) is 24.6 Å². The molecule has 1 saturated heterocycles. The predicted octanol–water partition coefficient (Wildman–Crippen LogP) is 3.79. The molecule has 24 heavy (non-hydrogen) atoms. The number of hydrogen-bond donors (Lipinski definition) is 0. The molecule has 0 aliphatic carbocycles. The normalized spacial score (nSPS) is 17.0. The number of hydrogen-bond acceptors (Lipinski definition) is 4. The third-order valence-electron chi connectivity index (χ3n) is 4.38. The summed E-state index contributed by atoms with van der Waals surface area (Å²) in [4.78, 5) is 1.11. The highest BCUT2D eigenvalue weighted by molar-refractivity contribution is 7.91. The van der Waals surface area contributed by atoms with Crippen LogP contribution in [-0.2, 0) is 16.4 Å². The summed E-state index contributed by atoms with van der Waals surface area (Å²) in [5.41, 5.74) is 0. The summed E-state index contributed by atoms with van der Waals surface area (Å²) in [6.07, 6.45) is 2.56. The maximum atomic E-state index is 12.7. The number of rotatable bonds is 6. The van der Waals surface area contributed by atoms with E-state index in [0.717, 1.165) is 29.9 Å². The van der Waals surface area contributed by atoms with Gasteiger partial charge in [-0.25, -0.2) is 8.42 Å². The molecule has 1 aromatic heterocycles. The number of sulfonamides is 1. The first-order valence-corrected chi connectivity index (χ1v) is 10.6. The highest BCUT2D eigenvalue weighted by Gasteiger charge is 2.30. The van der Waals surface area contributed by atoms with Crippen molar-refractivity contribution in [3.63, 3.8) is 0 Å². The van der Waals surface area contributed by atoms with Crippen LogP contribution in [0, 0.1) is 5.92 Å². The average molecular weight is 366 g/mol. The molecule has 0 atom stereocenters. The maximum absolute atomic E-state index is 12.7. The molecule has 0 N–H and O–H groups in total. The first kappa shape index (κ1) is 17.5. The van der Waals surface area contributed by atoms with Gasteiger partial charge in [-0.15, -0.1) is 11.3 Å². The molecule has 2 aromatic rings. The van der Waals surface area contributed by atoms with Gasteiger partial charge < -0.3 is 4.74 Å². The molecule has 0 amide bonds. The van der Waals surface area contributed by atoms with E-state index in [2.05, 4.69) is 0 Å². The zero-order valence-corrected chi connectivity index (χ0v) is 15.5. The molecular formula is C18H23NO3S2. The van der Waals surface area contributed by atoms with E-state index < -0.39 is 10.0 Å². The van der Waals surface area contributed by atoms with E-state index in [1.807, 2.05) is 43.3 Å². The molecule has 0 radical (unpaired) electrons. The van der Waals surface area contributed by atoms with Gasteiger partial charge in [-0.3, -0.25) is 0 Å². The molecule has 1 aliphatic rings. The van der Waals surface area contributed by atoms with Gasteiger partial charge in [0.05, 0.1) is 6.61 Å². The molecule has 1 fully saturated rings. The van der Waals surface area contributed by atoms with E-state index in [0.29, 0.717) is 29.8 Å². The van der Waals surface area contributed by atoms with Crippen LogP contribution in [0.2, 0.25) is 0 Å². The van der Waals surface area contributed by atoms with E-state index in [4.69, 9.17) is 4.74 Å². The Morgan fingerprint density at radius 3 is 2.46 bits per heavy atom. The fourth-order valence-electron chi connectivity index (χ4n) is 2.86. The van der Waals surface area contributed by atoms with E-state index in [1.54, 1.807) is 10.4 Å². The fraction of sp³-hybridized carbons (Fsp3) is 0.444. The van der Waals surface area contributed by atoms with Crippen molar-refractivity contribution in [2.45, 2.75) is 30.4 Å². The van der Waals surface area contributed by atoms with Gasteiger partial charge in [0.15, 0.2) is 0 Å². The fourth-order valence-corrected chi connectivity index (χ4v) is 5.78. The van der Waals surface area contributed by atoms with Crippen LogP contribution < -0.4 is 4.74 Å². The molecule has 0 saturated carbocycles. The van der Waals surface area contributed by atoms with Gasteiger partial charge in [0, 0.05) is 18.0 Å². The Kier molecular flexibility index (Phi) is 5.58. The Balaban J connectivity index is 1.54. The zero-order chi connectivity index (χ0) is 17.0. The van der Waals surface area contributed by atoms with Gasteiger partial charge in [0.2, 0.25) is 0 Å². The van der Waals surface area contributed by atoms with Gasteiger partial charge in [-0.1, -0.05) is 25.1 Å². The highest BCUT2D eigenvalue weighted by Crippen LogP contribution is 2.29. The van der Waals surface area contributed by atoms with Crippen LogP contribution >= 0.6 is 11.3 Å². The van der Waals surface area contributed by atoms with Crippen LogP contribution in [0.5, 0.6) is 5.75 Å². The standard InChI is InChI=1S/C18H23NO3S2/c1-2-17-8-9-18(23-17)24(20,21)19-12-10-15(11-13-19)14-22-16-6-4-3-5-7-16/h3-9,15H,2,10-14H2,1H3. The van der Waals surface area contributed by atoms with Crippen molar-refractivity contribution < 1.29 is 13.2 Å². The molecular weight excluding hydrogens is 342 g/mol. The number of benzene rings is 1. The minimum absolute atomic E-state index is 0.409. The van der Waals surface area contributed by atoms with E-state index in [-0.39, 0.29) is 0 Å². The second-order valence-corrected chi connectivity index (χ2v) is 9.38. The Labute approximate surface area is 148 Å². The number of para-hydroxylation sites is 1. The van der Waals surface area contributed by atoms with Crippen molar-refractivity contribution >= 4 is 21.4 Å². The quantitative estimate of drug-likeness (QED) is 0.782. The van der Waals surface area contributed by atoms with Crippen LogP contribution in [0.25, 0.3) is 0 Å². The Morgan fingerprint density at radius 1 is 1.12 bits per heavy atom. The molecule has 3 rings (SSSR count). The Hall–Kier alpha value is -1.37. The molecule has 0 bridgehead atoms. The van der Waals surface area contributed by atoms with Crippen LogP contribution in [0.15, 0.2) is 46.7 Å². The molecule has 0 spiro atoms. The number of thiophene rings is 1. The summed E-state index contributed by atoms with van der Waals surface area (Å²) in [7, 11) is -3.33. The third kappa shape index (κ3) is 3.99. The first-order valence-electron chi connectivity index (χ1n) is 8.36. The van der Waals surface area contributed by atoms with Crippen molar-refractivity contribution in [1.82, 2.24) is 4.31 Å². The topological polar surface area (TPSA) is 46.6 Å². The van der Waals surface area contributed by atoms with Gasteiger partial charge in [-0.2, -0.15) is 4.31 Å². The average Bonchev–Trinajstić information content (AvgIpc) is 3.11. The van der Waals surface area contributed by atoms with Gasteiger partial charge in [-0.05, 0) is 49.4 Å². The van der Waals surface area contributed by atoms with Crippen molar-refractivity contribution in [2.75, 3.05) is 19.7 Å². The second-order valence-electron chi connectivity index (χ2n) is 6.05. The predicted molar refractivity (Wildman–Crippen MR) is 97.1 cm³/mol. The lowest BCUT2D eigenvalue weighted by Gasteiger charge is -2.30. The molecule has 2 heterocycles. The molecule has 1 aliphatic heterocycles. The van der Waals surface area contributed by atoms with Crippen LogP contribution in [0.3, 0.4) is 0 Å². The highest BCUT2D eigenvalue weighted by atomic mass is 32.2. The largest absolute Gasteiger partial charge is 0.493 e. The Morgan fingerprint density at radius 2 is 1.83 bits per heavy atom. The minimum atomic E-state index is -3.33. The lowest BCUT2D eigenvalue weighted by atomic mass is 9.99. The van der Waals surface area contributed by atoms with E-state index >= 15 is 0 Å².